The number of benzene rings is 1. The van der Waals surface area contributed by atoms with E-state index < -0.39 is 17.0 Å². The zero-order chi connectivity index (χ0) is 10.7. The summed E-state index contributed by atoms with van der Waals surface area (Å²) in [5.41, 5.74) is 0.195. The summed E-state index contributed by atoms with van der Waals surface area (Å²) in [6, 6.07) is 4.14. The molecule has 0 aliphatic carbocycles. The van der Waals surface area contributed by atoms with Crippen LogP contribution in [0.25, 0.3) is 0 Å². The Morgan fingerprint density at radius 1 is 1.47 bits per heavy atom. The van der Waals surface area contributed by atoms with Gasteiger partial charge in [0.25, 0.3) is 0 Å². The number of esters is 1. The molecule has 0 fully saturated rings. The number of rotatable bonds is 2. The topological polar surface area (TPSA) is 66.4 Å². The van der Waals surface area contributed by atoms with Crippen LogP contribution < -0.4 is 29.6 Å². The molecule has 1 rings (SSSR count). The molecule has 0 N–H and O–H groups in total. The molecule has 1 aromatic carbocycles. The summed E-state index contributed by atoms with van der Waals surface area (Å²) in [5.74, 6) is -0.571. The first-order valence-electron chi connectivity index (χ1n) is 3.52. The van der Waals surface area contributed by atoms with E-state index in [2.05, 4.69) is 20.7 Å². The van der Waals surface area contributed by atoms with Crippen molar-refractivity contribution in [2.24, 2.45) is 0 Å². The van der Waals surface area contributed by atoms with E-state index in [0.29, 0.717) is 4.47 Å². The molecule has 15 heavy (non-hydrogen) atoms. The fourth-order valence-electron chi connectivity index (χ4n) is 0.895. The Hall–Kier alpha value is 0.280. The quantitative estimate of drug-likeness (QED) is 0.378. The average molecular weight is 301 g/mol. The van der Waals surface area contributed by atoms with Crippen molar-refractivity contribution >= 4 is 33.0 Å². The van der Waals surface area contributed by atoms with Crippen molar-refractivity contribution in [1.82, 2.24) is 0 Å². The summed E-state index contributed by atoms with van der Waals surface area (Å²) in [5, 5.41) is 0. The van der Waals surface area contributed by atoms with E-state index in [9.17, 15) is 13.6 Å². The SMILES string of the molecule is COC(=O)c1cc(Br)cc(S(=O)[O-])c1.[Na+]. The standard InChI is InChI=1S/C8H7BrO4S.Na/c1-13-8(10)5-2-6(9)4-7(3-5)14(11)12;/h2-4H,1H3,(H,11,12);/q;+1/p-1. The zero-order valence-electron chi connectivity index (χ0n) is 8.15. The first-order valence-corrected chi connectivity index (χ1v) is 5.39. The summed E-state index contributed by atoms with van der Waals surface area (Å²) in [6.07, 6.45) is 0. The zero-order valence-corrected chi connectivity index (χ0v) is 12.6. The van der Waals surface area contributed by atoms with Crippen LogP contribution in [0.1, 0.15) is 10.4 Å². The molecule has 0 aromatic heterocycles. The third kappa shape index (κ3) is 4.34. The molecule has 1 unspecified atom stereocenters. The summed E-state index contributed by atoms with van der Waals surface area (Å²) >= 11 is 0.742. The van der Waals surface area contributed by atoms with Crippen molar-refractivity contribution in [2.45, 2.75) is 4.90 Å². The van der Waals surface area contributed by atoms with Crippen molar-refractivity contribution in [1.29, 1.82) is 0 Å². The predicted molar refractivity (Wildman–Crippen MR) is 52.7 cm³/mol. The third-order valence-electron chi connectivity index (χ3n) is 1.48. The van der Waals surface area contributed by atoms with E-state index in [-0.39, 0.29) is 40.0 Å². The molecule has 0 radical (unpaired) electrons. The van der Waals surface area contributed by atoms with Crippen LogP contribution in [0.15, 0.2) is 27.6 Å². The van der Waals surface area contributed by atoms with Gasteiger partial charge in [-0.2, -0.15) is 0 Å². The van der Waals surface area contributed by atoms with Crippen molar-refractivity contribution in [3.63, 3.8) is 0 Å². The normalized spacial score (nSPS) is 11.4. The van der Waals surface area contributed by atoms with Gasteiger partial charge in [0.2, 0.25) is 0 Å². The molecule has 76 valence electrons. The van der Waals surface area contributed by atoms with Gasteiger partial charge in [0.05, 0.1) is 12.7 Å². The summed E-state index contributed by atoms with van der Waals surface area (Å²) in [6.45, 7) is 0. The second-order valence-corrected chi connectivity index (χ2v) is 4.26. The van der Waals surface area contributed by atoms with Gasteiger partial charge in [-0.05, 0) is 29.3 Å². The molecule has 0 bridgehead atoms. The molecular formula is C8H6BrNaO4S. The van der Waals surface area contributed by atoms with E-state index in [1.165, 1.54) is 25.3 Å². The molecule has 7 heteroatoms. The summed E-state index contributed by atoms with van der Waals surface area (Å²) < 4.78 is 26.3. The Labute approximate surface area is 120 Å². The van der Waals surface area contributed by atoms with Crippen molar-refractivity contribution in [2.75, 3.05) is 7.11 Å². The Bertz CT molecular complexity index is 396. The Kier molecular flexibility index (Phi) is 6.90. The Morgan fingerprint density at radius 3 is 2.53 bits per heavy atom. The molecule has 1 atom stereocenters. The molecule has 0 amide bonds. The van der Waals surface area contributed by atoms with Crippen LogP contribution in [-0.4, -0.2) is 21.8 Å². The van der Waals surface area contributed by atoms with Crippen LogP contribution in [0.3, 0.4) is 0 Å². The Morgan fingerprint density at radius 2 is 2.07 bits per heavy atom. The number of carbonyl (C=O) groups excluding carboxylic acids is 1. The van der Waals surface area contributed by atoms with Gasteiger partial charge in [-0.3, -0.25) is 4.21 Å². The first-order chi connectivity index (χ1) is 6.54. The minimum Gasteiger partial charge on any atom is -0.768 e. The summed E-state index contributed by atoms with van der Waals surface area (Å²) in [4.78, 5) is 11.1. The molecule has 0 saturated carbocycles. The van der Waals surface area contributed by atoms with E-state index in [1.807, 2.05) is 0 Å². The number of halogens is 1. The molecule has 0 spiro atoms. The minimum absolute atomic E-state index is 0. The van der Waals surface area contributed by atoms with Crippen molar-refractivity contribution < 1.29 is 47.9 Å². The molecule has 0 aliphatic heterocycles. The van der Waals surface area contributed by atoms with E-state index in [0.717, 1.165) is 0 Å². The van der Waals surface area contributed by atoms with Crippen LogP contribution in [0.4, 0.5) is 0 Å². The first kappa shape index (κ1) is 15.3. The third-order valence-corrected chi connectivity index (χ3v) is 2.56. The van der Waals surface area contributed by atoms with Gasteiger partial charge in [0.1, 0.15) is 0 Å². The summed E-state index contributed by atoms with van der Waals surface area (Å²) in [7, 11) is 1.23. The fourth-order valence-corrected chi connectivity index (χ4v) is 1.99. The molecule has 0 saturated heterocycles. The minimum atomic E-state index is -2.36. The molecule has 0 heterocycles. The van der Waals surface area contributed by atoms with E-state index in [4.69, 9.17) is 0 Å². The van der Waals surface area contributed by atoms with Gasteiger partial charge in [-0.1, -0.05) is 15.9 Å². The number of ether oxygens (including phenoxy) is 1. The van der Waals surface area contributed by atoms with Gasteiger partial charge in [-0.15, -0.1) is 0 Å². The van der Waals surface area contributed by atoms with Crippen LogP contribution in [0, 0.1) is 0 Å². The van der Waals surface area contributed by atoms with E-state index in [1.54, 1.807) is 0 Å². The van der Waals surface area contributed by atoms with Crippen LogP contribution >= 0.6 is 15.9 Å². The van der Waals surface area contributed by atoms with Gasteiger partial charge < -0.3 is 9.29 Å². The maximum absolute atomic E-state index is 11.1. The molecule has 4 nitrogen and oxygen atoms in total. The molecule has 0 aliphatic rings. The number of hydrogen-bond acceptors (Lipinski definition) is 4. The largest absolute Gasteiger partial charge is 1.00 e. The predicted octanol–water partition coefficient (Wildman–Crippen LogP) is -1.52. The van der Waals surface area contributed by atoms with Gasteiger partial charge in [0.15, 0.2) is 0 Å². The number of hydrogen-bond donors (Lipinski definition) is 0. The number of methoxy groups -OCH3 is 1. The molecular weight excluding hydrogens is 295 g/mol. The smallest absolute Gasteiger partial charge is 0.768 e. The van der Waals surface area contributed by atoms with Gasteiger partial charge >= 0.3 is 35.5 Å². The Balaban J connectivity index is 0.00000196. The van der Waals surface area contributed by atoms with Crippen molar-refractivity contribution in [3.8, 4) is 0 Å². The van der Waals surface area contributed by atoms with Crippen LogP contribution in [0.2, 0.25) is 0 Å². The average Bonchev–Trinajstić information content (AvgIpc) is 2.15. The maximum atomic E-state index is 11.1. The second-order valence-electron chi connectivity index (χ2n) is 2.40. The van der Waals surface area contributed by atoms with Crippen molar-refractivity contribution in [3.05, 3.63) is 28.2 Å². The van der Waals surface area contributed by atoms with E-state index >= 15 is 0 Å². The fraction of sp³-hybridized carbons (Fsp3) is 0.125. The van der Waals surface area contributed by atoms with Gasteiger partial charge in [-0.25, -0.2) is 4.79 Å². The van der Waals surface area contributed by atoms with Gasteiger partial charge in [0, 0.05) is 9.37 Å². The van der Waals surface area contributed by atoms with Crippen LogP contribution in [0.5, 0.6) is 0 Å². The maximum Gasteiger partial charge on any atom is 1.00 e. The number of carbonyl (C=O) groups is 1. The molecule has 1 aromatic rings. The second kappa shape index (κ2) is 6.78. The monoisotopic (exact) mass is 300 g/mol. The van der Waals surface area contributed by atoms with Crippen LogP contribution in [-0.2, 0) is 15.8 Å².